The molecule has 1 unspecified atom stereocenters. The Morgan fingerprint density at radius 1 is 1.47 bits per heavy atom. The summed E-state index contributed by atoms with van der Waals surface area (Å²) in [5, 5.41) is 19.1. The van der Waals surface area contributed by atoms with E-state index in [1.165, 1.54) is 25.8 Å². The fourth-order valence-electron chi connectivity index (χ4n) is 2.91. The number of carbonyl (C=O) groups is 4. The molecule has 1 fully saturated rings. The highest BCUT2D eigenvalue weighted by atomic mass is 32.2. The Kier molecular flexibility index (Phi) is 6.26. The van der Waals surface area contributed by atoms with Gasteiger partial charge in [0, 0.05) is 23.6 Å². The molecule has 160 valence electrons. The largest absolute Gasteiger partial charge is 0.543 e. The first-order valence-electron chi connectivity index (χ1n) is 8.44. The second kappa shape index (κ2) is 8.71. The van der Waals surface area contributed by atoms with E-state index in [2.05, 4.69) is 15.5 Å². The van der Waals surface area contributed by atoms with Crippen LogP contribution < -0.4 is 21.1 Å². The van der Waals surface area contributed by atoms with Gasteiger partial charge in [0.1, 0.15) is 25.1 Å². The molecule has 3 heterocycles. The zero-order valence-electron chi connectivity index (χ0n) is 15.8. The van der Waals surface area contributed by atoms with E-state index in [1.54, 1.807) is 5.38 Å². The van der Waals surface area contributed by atoms with Crippen LogP contribution in [0.1, 0.15) is 12.6 Å². The van der Waals surface area contributed by atoms with Crippen molar-refractivity contribution in [2.75, 3.05) is 25.2 Å². The molecular weight excluding hydrogens is 438 g/mol. The number of hydrogen-bond acceptors (Lipinski definition) is 11. The number of oxime groups is 1. The molecule has 1 aromatic heterocycles. The lowest BCUT2D eigenvalue weighted by Crippen LogP contribution is -2.71. The van der Waals surface area contributed by atoms with Crippen molar-refractivity contribution in [2.45, 2.75) is 18.3 Å². The Morgan fingerprint density at radius 3 is 2.77 bits per heavy atom. The maximum absolute atomic E-state index is 12.7. The van der Waals surface area contributed by atoms with E-state index in [0.29, 0.717) is 10.8 Å². The second-order valence-corrected chi connectivity index (χ2v) is 8.16. The smallest absolute Gasteiger partial charge is 0.329 e. The van der Waals surface area contributed by atoms with Gasteiger partial charge in [-0.3, -0.25) is 25.0 Å². The Balaban J connectivity index is 1.77. The lowest BCUT2D eigenvalue weighted by Gasteiger charge is -2.50. The van der Waals surface area contributed by atoms with Gasteiger partial charge in [-0.05, 0) is 0 Å². The Hall–Kier alpha value is -3.13. The Bertz CT molecular complexity index is 973. The highest BCUT2D eigenvalue weighted by Crippen LogP contribution is 2.40. The lowest BCUT2D eigenvalue weighted by molar-refractivity contribution is -0.356. The lowest BCUT2D eigenvalue weighted by atomic mass is 10.0. The number of H-pyrrole nitrogens is 1. The van der Waals surface area contributed by atoms with E-state index >= 15 is 0 Å². The number of aromatic amines is 1. The number of anilines is 1. The number of nitrogens with zero attached hydrogens (tertiary/aromatic N) is 2. The number of hydrogen-bond donors (Lipinski definition) is 2. The van der Waals surface area contributed by atoms with Gasteiger partial charge in [0.15, 0.2) is 5.69 Å². The van der Waals surface area contributed by atoms with Crippen LogP contribution in [0.3, 0.4) is 0 Å². The molecule has 14 heteroatoms. The maximum atomic E-state index is 12.7. The highest BCUT2D eigenvalue weighted by Gasteiger charge is 2.53. The first-order valence-corrected chi connectivity index (χ1v) is 10.4. The second-order valence-electron chi connectivity index (χ2n) is 6.14. The van der Waals surface area contributed by atoms with Gasteiger partial charge >= 0.3 is 11.1 Å². The van der Waals surface area contributed by atoms with Crippen LogP contribution >= 0.6 is 23.1 Å². The number of nitrogens with one attached hydrogen (secondary N) is 2. The van der Waals surface area contributed by atoms with Crippen molar-refractivity contribution in [3.63, 3.8) is 0 Å². The molecule has 4 N–H and O–H groups in total. The zero-order valence-corrected chi connectivity index (χ0v) is 17.4. The number of nitrogens with two attached hydrogens (primary N) is 1. The molecule has 0 aliphatic carbocycles. The Labute approximate surface area is 178 Å². The molecule has 2 aliphatic rings. The van der Waals surface area contributed by atoms with Gasteiger partial charge in [0.2, 0.25) is 5.71 Å². The molecule has 0 spiro atoms. The molecule has 1 aromatic rings. The summed E-state index contributed by atoms with van der Waals surface area (Å²) in [4.78, 5) is 56.4. The molecule has 1 saturated heterocycles. The average Bonchev–Trinajstić information content (AvgIpc) is 3.13. The van der Waals surface area contributed by atoms with Gasteiger partial charge in [-0.1, -0.05) is 16.5 Å². The topological polar surface area (TPSA) is 178 Å². The van der Waals surface area contributed by atoms with Crippen LogP contribution in [-0.2, 0) is 28.8 Å². The number of nitrogen functional groups attached to an aromatic ring is 1. The number of ether oxygens (including phenoxy) is 1. The molecule has 3 rings (SSSR count). The van der Waals surface area contributed by atoms with Crippen LogP contribution in [0.4, 0.5) is 5.13 Å². The highest BCUT2D eigenvalue weighted by molar-refractivity contribution is 8.00. The van der Waals surface area contributed by atoms with Gasteiger partial charge in [-0.15, -0.1) is 11.8 Å². The zero-order chi connectivity index (χ0) is 22.0. The number of β-lactam (4-membered cyclic amide) rings is 1. The fraction of sp³-hybridized carbons (Fsp3) is 0.375. The molecule has 30 heavy (non-hydrogen) atoms. The van der Waals surface area contributed by atoms with Crippen LogP contribution in [-0.4, -0.2) is 65.2 Å². The number of thiazole rings is 1. The van der Waals surface area contributed by atoms with Crippen molar-refractivity contribution in [1.29, 1.82) is 0 Å². The molecule has 0 saturated carbocycles. The summed E-state index contributed by atoms with van der Waals surface area (Å²) >= 11 is 2.38. The monoisotopic (exact) mass is 455 g/mol. The third-order valence-electron chi connectivity index (χ3n) is 4.19. The molecule has 0 radical (unpaired) electrons. The SMILES string of the molecule is CON=C(C(=O)N[C@@H]1C(=O)N2C(C(=O)[O-])=C(COC(C)=O)CSC12)c1csc(N)[nH+]1. The van der Waals surface area contributed by atoms with Crippen molar-refractivity contribution in [3.05, 3.63) is 22.3 Å². The predicted octanol–water partition coefficient (Wildman–Crippen LogP) is -2.54. The molecular formula is C16H17N5O7S2. The van der Waals surface area contributed by atoms with E-state index in [1.807, 2.05) is 0 Å². The Morgan fingerprint density at radius 2 is 2.20 bits per heavy atom. The number of amides is 2. The van der Waals surface area contributed by atoms with E-state index < -0.39 is 35.2 Å². The fourth-order valence-corrected chi connectivity index (χ4v) is 4.83. The van der Waals surface area contributed by atoms with Gasteiger partial charge in [-0.2, -0.15) is 0 Å². The third kappa shape index (κ3) is 4.09. The molecule has 2 aliphatic heterocycles. The third-order valence-corrected chi connectivity index (χ3v) is 6.24. The quantitative estimate of drug-likeness (QED) is 0.194. The molecule has 0 aromatic carbocycles. The van der Waals surface area contributed by atoms with Crippen molar-refractivity contribution in [1.82, 2.24) is 10.2 Å². The van der Waals surface area contributed by atoms with Crippen LogP contribution in [0.15, 0.2) is 21.8 Å². The van der Waals surface area contributed by atoms with Crippen molar-refractivity contribution in [3.8, 4) is 0 Å². The van der Waals surface area contributed by atoms with Crippen LogP contribution in [0, 0.1) is 0 Å². The number of carbonyl (C=O) groups excluding carboxylic acids is 4. The van der Waals surface area contributed by atoms with Gasteiger partial charge in [0.25, 0.3) is 11.8 Å². The number of carboxylic acids is 1. The molecule has 2 atom stereocenters. The minimum atomic E-state index is -1.56. The molecule has 2 amide bonds. The first kappa shape index (κ1) is 21.6. The summed E-state index contributed by atoms with van der Waals surface area (Å²) < 4.78 is 4.85. The normalized spacial score (nSPS) is 20.9. The van der Waals surface area contributed by atoms with Crippen LogP contribution in [0.5, 0.6) is 0 Å². The van der Waals surface area contributed by atoms with Crippen molar-refractivity contribution < 1.29 is 38.8 Å². The minimum absolute atomic E-state index is 0.122. The summed E-state index contributed by atoms with van der Waals surface area (Å²) in [6, 6.07) is -0.981. The number of esters is 1. The standard InChI is InChI=1S/C16H17N5O7S2/c1-6(22)28-3-7-4-29-14-10(13(24)21(14)11(7)15(25)26)19-12(23)9(20-27-2)8-5-30-16(17)18-8/h5,10,14H,3-4H2,1-2H3,(H2,17,18)(H,19,23)(H,25,26)/t10-,14?/m1/s1. The number of carboxylic acid groups (broad SMARTS) is 1. The number of aliphatic carboxylic acids is 1. The summed E-state index contributed by atoms with van der Waals surface area (Å²) in [5.41, 5.74) is 5.71. The molecule has 12 nitrogen and oxygen atoms in total. The molecule has 0 bridgehead atoms. The number of thioether (sulfide) groups is 1. The summed E-state index contributed by atoms with van der Waals surface area (Å²) in [6.45, 7) is 0.926. The van der Waals surface area contributed by atoms with Gasteiger partial charge in [0.05, 0.1) is 11.7 Å². The van der Waals surface area contributed by atoms with Gasteiger partial charge in [-0.25, -0.2) is 4.98 Å². The van der Waals surface area contributed by atoms with E-state index in [9.17, 15) is 24.3 Å². The summed E-state index contributed by atoms with van der Waals surface area (Å²) in [6.07, 6.45) is 0. The summed E-state index contributed by atoms with van der Waals surface area (Å²) in [5.74, 6) is -3.29. The van der Waals surface area contributed by atoms with Gasteiger partial charge < -0.3 is 24.8 Å². The average molecular weight is 455 g/mol. The van der Waals surface area contributed by atoms with E-state index in [4.69, 9.17) is 15.3 Å². The first-order chi connectivity index (χ1) is 14.2. The number of rotatable bonds is 7. The number of aromatic nitrogens is 1. The van der Waals surface area contributed by atoms with Crippen molar-refractivity contribution >= 4 is 57.7 Å². The van der Waals surface area contributed by atoms with Crippen LogP contribution in [0.25, 0.3) is 0 Å². The van der Waals surface area contributed by atoms with Crippen molar-refractivity contribution in [2.24, 2.45) is 5.16 Å². The van der Waals surface area contributed by atoms with E-state index in [0.717, 1.165) is 16.2 Å². The minimum Gasteiger partial charge on any atom is -0.543 e. The van der Waals surface area contributed by atoms with Crippen LogP contribution in [0.2, 0.25) is 0 Å². The maximum Gasteiger partial charge on any atom is 0.329 e. The number of fused-ring (bicyclic) bond motifs is 1. The predicted molar refractivity (Wildman–Crippen MR) is 103 cm³/mol. The van der Waals surface area contributed by atoms with E-state index in [-0.39, 0.29) is 29.3 Å². The summed E-state index contributed by atoms with van der Waals surface area (Å²) in [7, 11) is 1.26.